The average molecular weight is 372 g/mol. The summed E-state index contributed by atoms with van der Waals surface area (Å²) in [6.45, 7) is 6.73. The van der Waals surface area contributed by atoms with Crippen LogP contribution in [-0.4, -0.2) is 52.3 Å². The van der Waals surface area contributed by atoms with Crippen molar-refractivity contribution in [3.05, 3.63) is 40.6 Å². The Labute approximate surface area is 157 Å². The number of nitrogens with zero attached hydrogens (tertiary/aromatic N) is 2. The van der Waals surface area contributed by atoms with E-state index in [9.17, 15) is 14.7 Å². The third kappa shape index (κ3) is 3.66. The standard InChI is InChI=1S/C19H24N4O4/c1-4-23(5-2)10-12-8-11(6-7-14(12)27-3)13-9-15(24)20-18-16(13)17(19(25)26)21-22-18/h6-8,13H,4-5,9-10H2,1-3H3,(H,25,26)(H2,20,21,22,24)/t13-/m1/s1. The summed E-state index contributed by atoms with van der Waals surface area (Å²) in [7, 11) is 1.63. The van der Waals surface area contributed by atoms with Gasteiger partial charge in [-0.25, -0.2) is 4.79 Å². The van der Waals surface area contributed by atoms with E-state index in [1.165, 1.54) is 0 Å². The fourth-order valence-corrected chi connectivity index (χ4v) is 3.53. The molecular formula is C19H24N4O4. The number of carboxylic acids is 1. The highest BCUT2D eigenvalue weighted by atomic mass is 16.5. The molecule has 0 saturated heterocycles. The van der Waals surface area contributed by atoms with Crippen molar-refractivity contribution < 1.29 is 19.4 Å². The highest BCUT2D eigenvalue weighted by Gasteiger charge is 2.34. The summed E-state index contributed by atoms with van der Waals surface area (Å²) >= 11 is 0. The number of benzene rings is 1. The minimum atomic E-state index is -1.10. The van der Waals surface area contributed by atoms with Crippen LogP contribution in [0, 0.1) is 0 Å². The Hall–Kier alpha value is -2.87. The maximum atomic E-state index is 12.1. The smallest absolute Gasteiger partial charge is 0.354 e. The van der Waals surface area contributed by atoms with Gasteiger partial charge < -0.3 is 15.2 Å². The van der Waals surface area contributed by atoms with E-state index in [1.54, 1.807) is 7.11 Å². The molecule has 1 aromatic carbocycles. The number of rotatable bonds is 7. The summed E-state index contributed by atoms with van der Waals surface area (Å²) in [5, 5.41) is 18.6. The highest BCUT2D eigenvalue weighted by Crippen LogP contribution is 2.39. The Morgan fingerprint density at radius 1 is 1.37 bits per heavy atom. The molecule has 2 heterocycles. The molecule has 1 amide bonds. The number of aromatic carboxylic acids is 1. The van der Waals surface area contributed by atoms with E-state index in [4.69, 9.17) is 4.74 Å². The monoisotopic (exact) mass is 372 g/mol. The fourth-order valence-electron chi connectivity index (χ4n) is 3.53. The van der Waals surface area contributed by atoms with Crippen molar-refractivity contribution in [1.82, 2.24) is 15.1 Å². The maximum Gasteiger partial charge on any atom is 0.354 e. The third-order valence-electron chi connectivity index (χ3n) is 5.01. The lowest BCUT2D eigenvalue weighted by Crippen LogP contribution is -2.25. The third-order valence-corrected chi connectivity index (χ3v) is 5.01. The molecule has 2 aromatic rings. The van der Waals surface area contributed by atoms with Gasteiger partial charge >= 0.3 is 5.97 Å². The first-order chi connectivity index (χ1) is 13.0. The number of methoxy groups -OCH3 is 1. The van der Waals surface area contributed by atoms with Gasteiger partial charge in [0.15, 0.2) is 5.82 Å². The first-order valence-electron chi connectivity index (χ1n) is 8.99. The van der Waals surface area contributed by atoms with Gasteiger partial charge in [0.1, 0.15) is 11.4 Å². The number of carbonyl (C=O) groups excluding carboxylic acids is 1. The predicted molar refractivity (Wildman–Crippen MR) is 100 cm³/mol. The summed E-state index contributed by atoms with van der Waals surface area (Å²) in [5.41, 5.74) is 2.40. The SMILES string of the molecule is CCN(CC)Cc1cc([C@H]2CC(=O)Nc3n[nH]c(C(=O)O)c32)ccc1OC. The number of nitrogens with one attached hydrogen (secondary N) is 2. The molecule has 0 saturated carbocycles. The molecule has 3 N–H and O–H groups in total. The van der Waals surface area contributed by atoms with E-state index in [-0.39, 0.29) is 29.8 Å². The molecule has 1 aromatic heterocycles. The van der Waals surface area contributed by atoms with Crippen LogP contribution in [0.5, 0.6) is 5.75 Å². The molecule has 1 aliphatic rings. The van der Waals surface area contributed by atoms with E-state index in [0.29, 0.717) is 12.1 Å². The molecule has 0 bridgehead atoms. The lowest BCUT2D eigenvalue weighted by atomic mass is 9.85. The van der Waals surface area contributed by atoms with E-state index < -0.39 is 5.97 Å². The highest BCUT2D eigenvalue weighted by molar-refractivity contribution is 5.98. The minimum absolute atomic E-state index is 0.0103. The Morgan fingerprint density at radius 2 is 2.11 bits per heavy atom. The number of carboxylic acid groups (broad SMARTS) is 1. The van der Waals surface area contributed by atoms with Crippen molar-refractivity contribution in [3.63, 3.8) is 0 Å². The van der Waals surface area contributed by atoms with Gasteiger partial charge in [-0.05, 0) is 24.7 Å². The second-order valence-electron chi connectivity index (χ2n) is 6.50. The van der Waals surface area contributed by atoms with Crippen molar-refractivity contribution in [2.24, 2.45) is 0 Å². The predicted octanol–water partition coefficient (Wildman–Crippen LogP) is 2.43. The fraction of sp³-hybridized carbons (Fsp3) is 0.421. The molecule has 144 valence electrons. The van der Waals surface area contributed by atoms with Crippen LogP contribution in [0.4, 0.5) is 5.82 Å². The lowest BCUT2D eigenvalue weighted by molar-refractivity contribution is -0.116. The second kappa shape index (κ2) is 7.79. The maximum absolute atomic E-state index is 12.1. The number of hydrogen-bond donors (Lipinski definition) is 3. The first-order valence-corrected chi connectivity index (χ1v) is 8.99. The molecule has 8 nitrogen and oxygen atoms in total. The van der Waals surface area contributed by atoms with Crippen molar-refractivity contribution in [1.29, 1.82) is 0 Å². The number of ether oxygens (including phenoxy) is 1. The van der Waals surface area contributed by atoms with Crippen LogP contribution in [0.15, 0.2) is 18.2 Å². The van der Waals surface area contributed by atoms with Gasteiger partial charge in [0.25, 0.3) is 0 Å². The van der Waals surface area contributed by atoms with E-state index in [0.717, 1.165) is 30.0 Å². The molecule has 1 aliphatic heterocycles. The van der Waals surface area contributed by atoms with Crippen LogP contribution in [-0.2, 0) is 11.3 Å². The van der Waals surface area contributed by atoms with E-state index in [1.807, 2.05) is 18.2 Å². The van der Waals surface area contributed by atoms with Crippen LogP contribution in [0.25, 0.3) is 0 Å². The number of aromatic nitrogens is 2. The largest absolute Gasteiger partial charge is 0.496 e. The summed E-state index contributed by atoms with van der Waals surface area (Å²) in [6.07, 6.45) is 0.170. The van der Waals surface area contributed by atoms with Crippen molar-refractivity contribution in [3.8, 4) is 5.75 Å². The second-order valence-corrected chi connectivity index (χ2v) is 6.50. The summed E-state index contributed by atoms with van der Waals surface area (Å²) in [6, 6.07) is 5.76. The molecule has 0 fully saturated rings. The Morgan fingerprint density at radius 3 is 2.74 bits per heavy atom. The molecule has 3 rings (SSSR count). The van der Waals surface area contributed by atoms with Gasteiger partial charge in [0.05, 0.1) is 7.11 Å². The lowest BCUT2D eigenvalue weighted by Gasteiger charge is -2.25. The van der Waals surface area contributed by atoms with E-state index >= 15 is 0 Å². The number of amides is 1. The molecule has 8 heteroatoms. The van der Waals surface area contributed by atoms with Crippen LogP contribution in [0.3, 0.4) is 0 Å². The van der Waals surface area contributed by atoms with Gasteiger partial charge in [-0.1, -0.05) is 26.0 Å². The van der Waals surface area contributed by atoms with E-state index in [2.05, 4.69) is 34.3 Å². The topological polar surface area (TPSA) is 108 Å². The number of hydrogen-bond acceptors (Lipinski definition) is 5. The van der Waals surface area contributed by atoms with Crippen LogP contribution in [0.2, 0.25) is 0 Å². The number of fused-ring (bicyclic) bond motifs is 1. The van der Waals surface area contributed by atoms with Gasteiger partial charge in [0, 0.05) is 30.0 Å². The number of carbonyl (C=O) groups is 2. The number of aromatic amines is 1. The molecule has 0 spiro atoms. The van der Waals surface area contributed by atoms with Crippen molar-refractivity contribution >= 4 is 17.7 Å². The number of anilines is 1. The van der Waals surface area contributed by atoms with Crippen LogP contribution < -0.4 is 10.1 Å². The zero-order valence-electron chi connectivity index (χ0n) is 15.7. The zero-order chi connectivity index (χ0) is 19.6. The van der Waals surface area contributed by atoms with Crippen molar-refractivity contribution in [2.75, 3.05) is 25.5 Å². The molecule has 0 aliphatic carbocycles. The van der Waals surface area contributed by atoms with Crippen molar-refractivity contribution in [2.45, 2.75) is 32.7 Å². The molecular weight excluding hydrogens is 348 g/mol. The number of H-pyrrole nitrogens is 1. The Kier molecular flexibility index (Phi) is 5.46. The van der Waals surface area contributed by atoms with Gasteiger partial charge in [0.2, 0.25) is 5.91 Å². The first kappa shape index (κ1) is 18.9. The van der Waals surface area contributed by atoms with Gasteiger partial charge in [-0.2, -0.15) is 5.10 Å². The van der Waals surface area contributed by atoms with Crippen LogP contribution >= 0.6 is 0 Å². The molecule has 1 atom stereocenters. The summed E-state index contributed by atoms with van der Waals surface area (Å²) < 4.78 is 5.50. The molecule has 0 radical (unpaired) electrons. The Bertz CT molecular complexity index is 857. The average Bonchev–Trinajstić information content (AvgIpc) is 3.09. The normalized spacial score (nSPS) is 16.1. The van der Waals surface area contributed by atoms with Crippen LogP contribution in [0.1, 0.15) is 53.4 Å². The zero-order valence-corrected chi connectivity index (χ0v) is 15.7. The van der Waals surface area contributed by atoms with Gasteiger partial charge in [-0.15, -0.1) is 0 Å². The molecule has 0 unspecified atom stereocenters. The summed E-state index contributed by atoms with van der Waals surface area (Å²) in [4.78, 5) is 26.0. The summed E-state index contributed by atoms with van der Waals surface area (Å²) in [5.74, 6) is -0.592. The Balaban J connectivity index is 2.05. The molecule has 27 heavy (non-hydrogen) atoms. The minimum Gasteiger partial charge on any atom is -0.496 e. The quantitative estimate of drug-likeness (QED) is 0.689. The van der Waals surface area contributed by atoms with Gasteiger partial charge in [-0.3, -0.25) is 14.8 Å².